The van der Waals surface area contributed by atoms with Crippen molar-refractivity contribution in [3.05, 3.63) is 12.7 Å². The molecular weight excluding hydrogens is 328 g/mol. The molecule has 0 bridgehead atoms. The number of likely N-dealkylation sites (tertiary alicyclic amines) is 1. The molecule has 1 amide bonds. The zero-order valence-corrected chi connectivity index (χ0v) is 15.2. The lowest BCUT2D eigenvalue weighted by Crippen LogP contribution is -2.54. The predicted octanol–water partition coefficient (Wildman–Crippen LogP) is 2.50. The number of aromatic amines is 1. The van der Waals surface area contributed by atoms with Crippen molar-refractivity contribution in [1.82, 2.24) is 24.8 Å². The van der Waals surface area contributed by atoms with E-state index in [1.807, 2.05) is 0 Å². The number of amides is 1. The fraction of sp³-hybridized carbons (Fsp3) is 0.684. The van der Waals surface area contributed by atoms with Crippen molar-refractivity contribution in [1.29, 1.82) is 0 Å². The number of nitrogens with one attached hydrogen (secondary N) is 1. The maximum absolute atomic E-state index is 13.5. The molecule has 1 spiro atoms. The van der Waals surface area contributed by atoms with Crippen LogP contribution in [0.25, 0.3) is 11.2 Å². The van der Waals surface area contributed by atoms with Gasteiger partial charge < -0.3 is 14.8 Å². The lowest BCUT2D eigenvalue weighted by molar-refractivity contribution is -0.148. The molecule has 5 rings (SSSR count). The molecule has 138 valence electrons. The topological polar surface area (TPSA) is 78.0 Å². The number of H-pyrrole nitrogens is 1. The first kappa shape index (κ1) is 16.0. The van der Waals surface area contributed by atoms with Crippen molar-refractivity contribution in [3.8, 4) is 0 Å². The second-order valence-corrected chi connectivity index (χ2v) is 8.14. The molecule has 7 nitrogen and oxygen atoms in total. The van der Waals surface area contributed by atoms with Gasteiger partial charge in [-0.05, 0) is 32.1 Å². The van der Waals surface area contributed by atoms with Gasteiger partial charge in [-0.25, -0.2) is 15.0 Å². The molecule has 2 aromatic heterocycles. The van der Waals surface area contributed by atoms with Gasteiger partial charge in [0.15, 0.2) is 11.5 Å². The third kappa shape index (κ3) is 2.47. The number of imidazole rings is 1. The van der Waals surface area contributed by atoms with Crippen LogP contribution in [0.2, 0.25) is 0 Å². The Labute approximate surface area is 153 Å². The van der Waals surface area contributed by atoms with E-state index in [9.17, 15) is 4.79 Å². The number of rotatable bonds is 2. The van der Waals surface area contributed by atoms with Gasteiger partial charge in [-0.15, -0.1) is 0 Å². The summed E-state index contributed by atoms with van der Waals surface area (Å²) in [6.07, 6.45) is 12.5. The molecule has 4 heterocycles. The normalized spacial score (nSPS) is 27.8. The van der Waals surface area contributed by atoms with E-state index in [1.54, 1.807) is 12.7 Å². The van der Waals surface area contributed by atoms with Gasteiger partial charge >= 0.3 is 0 Å². The van der Waals surface area contributed by atoms with Crippen molar-refractivity contribution in [2.45, 2.75) is 57.4 Å². The third-order valence-electron chi connectivity index (χ3n) is 6.64. The largest absolute Gasteiger partial charge is 0.354 e. The van der Waals surface area contributed by atoms with Crippen molar-refractivity contribution in [3.63, 3.8) is 0 Å². The predicted molar refractivity (Wildman–Crippen MR) is 98.8 cm³/mol. The highest BCUT2D eigenvalue weighted by molar-refractivity contribution is 5.87. The summed E-state index contributed by atoms with van der Waals surface area (Å²) in [7, 11) is 0. The van der Waals surface area contributed by atoms with Crippen LogP contribution < -0.4 is 4.90 Å². The first-order valence-corrected chi connectivity index (χ1v) is 9.97. The number of hydrogen-bond donors (Lipinski definition) is 1. The quantitative estimate of drug-likeness (QED) is 0.896. The first-order chi connectivity index (χ1) is 12.8. The van der Waals surface area contributed by atoms with Crippen LogP contribution in [0.4, 0.5) is 5.82 Å². The Morgan fingerprint density at radius 2 is 1.92 bits per heavy atom. The average molecular weight is 354 g/mol. The minimum atomic E-state index is -0.229. The molecule has 2 aromatic rings. The summed E-state index contributed by atoms with van der Waals surface area (Å²) in [5, 5.41) is 0. The number of anilines is 1. The molecular formula is C19H26N6O. The van der Waals surface area contributed by atoms with Crippen LogP contribution in [0.1, 0.15) is 51.4 Å². The van der Waals surface area contributed by atoms with Crippen LogP contribution in [0.5, 0.6) is 0 Å². The number of fused-ring (bicyclic) bond motifs is 1. The summed E-state index contributed by atoms with van der Waals surface area (Å²) in [6, 6.07) is 0.473. The number of piperidine rings is 1. The Morgan fingerprint density at radius 3 is 2.81 bits per heavy atom. The standard InChI is InChI=1S/C19H26N6O/c26-18-19(7-4-9-25(18)14-5-2-1-3-6-14)8-10-24(11-19)17-15-16(21-12-20-15)22-13-23-17/h12-14H,1-11H2,(H,20,21,22,23). The van der Waals surface area contributed by atoms with Gasteiger partial charge in [0, 0.05) is 25.7 Å². The van der Waals surface area contributed by atoms with Gasteiger partial charge in [0.05, 0.1) is 11.7 Å². The highest BCUT2D eigenvalue weighted by Gasteiger charge is 2.50. The molecule has 7 heteroatoms. The monoisotopic (exact) mass is 354 g/mol. The fourth-order valence-electron chi connectivity index (χ4n) is 5.27. The van der Waals surface area contributed by atoms with E-state index in [-0.39, 0.29) is 5.41 Å². The molecule has 0 aromatic carbocycles. The molecule has 3 fully saturated rings. The molecule has 1 N–H and O–H groups in total. The Hall–Kier alpha value is -2.18. The maximum atomic E-state index is 13.5. The zero-order valence-electron chi connectivity index (χ0n) is 15.2. The molecule has 1 saturated carbocycles. The van der Waals surface area contributed by atoms with Crippen LogP contribution in [-0.4, -0.2) is 56.4 Å². The smallest absolute Gasteiger partial charge is 0.230 e. The Balaban J connectivity index is 1.40. The van der Waals surface area contributed by atoms with Crippen LogP contribution >= 0.6 is 0 Å². The van der Waals surface area contributed by atoms with Gasteiger partial charge in [0.2, 0.25) is 5.91 Å². The van der Waals surface area contributed by atoms with Crippen LogP contribution in [-0.2, 0) is 4.79 Å². The number of carbonyl (C=O) groups excluding carboxylic acids is 1. The Morgan fingerprint density at radius 1 is 1.04 bits per heavy atom. The zero-order chi connectivity index (χ0) is 17.6. The summed E-state index contributed by atoms with van der Waals surface area (Å²) in [6.45, 7) is 2.58. The summed E-state index contributed by atoms with van der Waals surface area (Å²) >= 11 is 0. The second kappa shape index (κ2) is 6.21. The summed E-state index contributed by atoms with van der Waals surface area (Å²) in [4.78, 5) is 34.1. The Bertz CT molecular complexity index is 813. The lowest BCUT2D eigenvalue weighted by Gasteiger charge is -2.44. The summed E-state index contributed by atoms with van der Waals surface area (Å²) in [5.41, 5.74) is 1.33. The van der Waals surface area contributed by atoms with E-state index < -0.39 is 0 Å². The molecule has 26 heavy (non-hydrogen) atoms. The van der Waals surface area contributed by atoms with Crippen molar-refractivity contribution in [2.24, 2.45) is 5.41 Å². The van der Waals surface area contributed by atoms with Crippen molar-refractivity contribution < 1.29 is 4.79 Å². The summed E-state index contributed by atoms with van der Waals surface area (Å²) < 4.78 is 0. The molecule has 1 unspecified atom stereocenters. The number of carbonyl (C=O) groups is 1. The highest BCUT2D eigenvalue weighted by atomic mass is 16.2. The van der Waals surface area contributed by atoms with E-state index in [2.05, 4.69) is 29.7 Å². The minimum Gasteiger partial charge on any atom is -0.354 e. The van der Waals surface area contributed by atoms with E-state index in [0.717, 1.165) is 50.2 Å². The molecule has 0 radical (unpaired) electrons. The molecule has 3 aliphatic rings. The third-order valence-corrected chi connectivity index (χ3v) is 6.64. The molecule has 2 saturated heterocycles. The average Bonchev–Trinajstić information content (AvgIpc) is 3.32. The fourth-order valence-corrected chi connectivity index (χ4v) is 5.27. The van der Waals surface area contributed by atoms with Crippen LogP contribution in [0, 0.1) is 5.41 Å². The Kier molecular flexibility index (Phi) is 3.83. The molecule has 1 atom stereocenters. The van der Waals surface area contributed by atoms with Gasteiger partial charge in [-0.2, -0.15) is 0 Å². The van der Waals surface area contributed by atoms with Gasteiger partial charge in [0.1, 0.15) is 11.8 Å². The van der Waals surface area contributed by atoms with Gasteiger partial charge in [-0.3, -0.25) is 4.79 Å². The highest BCUT2D eigenvalue weighted by Crippen LogP contribution is 2.43. The number of nitrogens with zero attached hydrogens (tertiary/aromatic N) is 5. The first-order valence-electron chi connectivity index (χ1n) is 9.97. The van der Waals surface area contributed by atoms with Gasteiger partial charge in [0.25, 0.3) is 0 Å². The number of aromatic nitrogens is 4. The molecule has 1 aliphatic carbocycles. The SMILES string of the molecule is O=C1N(C2CCCCC2)CCCC12CCN(c1ncnc3nc[nH]c13)C2. The van der Waals surface area contributed by atoms with Crippen molar-refractivity contribution >= 4 is 22.9 Å². The van der Waals surface area contributed by atoms with Gasteiger partial charge in [-0.1, -0.05) is 19.3 Å². The molecule has 2 aliphatic heterocycles. The van der Waals surface area contributed by atoms with E-state index in [4.69, 9.17) is 0 Å². The number of hydrogen-bond acceptors (Lipinski definition) is 5. The van der Waals surface area contributed by atoms with Crippen LogP contribution in [0.3, 0.4) is 0 Å². The van der Waals surface area contributed by atoms with Crippen molar-refractivity contribution in [2.75, 3.05) is 24.5 Å². The van der Waals surface area contributed by atoms with E-state index in [1.165, 1.54) is 32.1 Å². The van der Waals surface area contributed by atoms with E-state index in [0.29, 0.717) is 17.6 Å². The summed E-state index contributed by atoms with van der Waals surface area (Å²) in [5.74, 6) is 1.28. The maximum Gasteiger partial charge on any atom is 0.230 e. The van der Waals surface area contributed by atoms with E-state index >= 15 is 0 Å². The van der Waals surface area contributed by atoms with Crippen LogP contribution in [0.15, 0.2) is 12.7 Å². The lowest BCUT2D eigenvalue weighted by atomic mass is 9.77. The minimum absolute atomic E-state index is 0.229. The second-order valence-electron chi connectivity index (χ2n) is 8.14.